The van der Waals surface area contributed by atoms with Crippen LogP contribution in [0.1, 0.15) is 25.0 Å². The van der Waals surface area contributed by atoms with Crippen molar-refractivity contribution in [2.75, 3.05) is 0 Å². The molecule has 0 radical (unpaired) electrons. The van der Waals surface area contributed by atoms with Crippen LogP contribution in [0.2, 0.25) is 0 Å². The number of rotatable bonds is 0. The zero-order valence-corrected chi connectivity index (χ0v) is 18.1. The highest BCUT2D eigenvalue weighted by atomic mass is 32.1. The van der Waals surface area contributed by atoms with Crippen LogP contribution in [0.15, 0.2) is 72.8 Å². The van der Waals surface area contributed by atoms with Crippen molar-refractivity contribution in [2.45, 2.75) is 19.3 Å². The van der Waals surface area contributed by atoms with E-state index in [2.05, 4.69) is 98.3 Å². The molecule has 2 aromatic heterocycles. The number of aromatic nitrogens is 1. The van der Waals surface area contributed by atoms with Gasteiger partial charge in [0.2, 0.25) is 0 Å². The van der Waals surface area contributed by atoms with Crippen LogP contribution in [0.4, 0.5) is 0 Å². The monoisotopic (exact) mass is 403 g/mol. The van der Waals surface area contributed by atoms with Gasteiger partial charge in [-0.1, -0.05) is 56.3 Å². The first-order valence-corrected chi connectivity index (χ1v) is 11.3. The normalized spacial score (nSPS) is 14.8. The van der Waals surface area contributed by atoms with Crippen LogP contribution in [-0.4, -0.2) is 4.57 Å². The van der Waals surface area contributed by atoms with Crippen molar-refractivity contribution in [3.05, 3.63) is 83.9 Å². The predicted octanol–water partition coefficient (Wildman–Crippen LogP) is 8.01. The van der Waals surface area contributed by atoms with E-state index < -0.39 is 0 Å². The van der Waals surface area contributed by atoms with Crippen molar-refractivity contribution in [1.82, 2.24) is 4.57 Å². The van der Waals surface area contributed by atoms with E-state index in [0.717, 1.165) is 0 Å². The molecule has 144 valence electrons. The maximum absolute atomic E-state index is 2.46. The lowest BCUT2D eigenvalue weighted by atomic mass is 9.82. The molecule has 1 aliphatic carbocycles. The van der Waals surface area contributed by atoms with E-state index in [1.807, 2.05) is 11.3 Å². The number of hydrogen-bond acceptors (Lipinski definition) is 1. The van der Waals surface area contributed by atoms with E-state index in [9.17, 15) is 0 Å². The average molecular weight is 404 g/mol. The summed E-state index contributed by atoms with van der Waals surface area (Å²) in [5.41, 5.74) is 8.32. The summed E-state index contributed by atoms with van der Waals surface area (Å²) >= 11 is 1.90. The lowest BCUT2D eigenvalue weighted by Gasteiger charge is -2.21. The Hall–Kier alpha value is -3.10. The summed E-state index contributed by atoms with van der Waals surface area (Å²) in [7, 11) is 2.21. The van der Waals surface area contributed by atoms with Crippen molar-refractivity contribution in [3.63, 3.8) is 0 Å². The molecule has 1 nitrogen and oxygen atoms in total. The Labute approximate surface area is 179 Å². The third-order valence-corrected chi connectivity index (χ3v) is 8.34. The number of thiophene rings is 1. The predicted molar refractivity (Wildman–Crippen MR) is 131 cm³/mol. The Morgan fingerprint density at radius 3 is 2.27 bits per heavy atom. The molecule has 0 fully saturated rings. The van der Waals surface area contributed by atoms with Crippen LogP contribution in [0, 0.1) is 0 Å². The molecule has 0 spiro atoms. The smallest absolute Gasteiger partial charge is 0.0495 e. The molecule has 7 rings (SSSR count). The minimum Gasteiger partial charge on any atom is -0.344 e. The first-order chi connectivity index (χ1) is 14.5. The van der Waals surface area contributed by atoms with Gasteiger partial charge in [0, 0.05) is 54.4 Å². The third-order valence-electron chi connectivity index (χ3n) is 7.21. The van der Waals surface area contributed by atoms with Gasteiger partial charge in [-0.25, -0.2) is 0 Å². The number of hydrogen-bond donors (Lipinski definition) is 0. The largest absolute Gasteiger partial charge is 0.344 e. The van der Waals surface area contributed by atoms with E-state index in [-0.39, 0.29) is 5.41 Å². The summed E-state index contributed by atoms with van der Waals surface area (Å²) in [4.78, 5) is 0. The Kier molecular flexibility index (Phi) is 2.96. The lowest BCUT2D eigenvalue weighted by molar-refractivity contribution is 0.661. The van der Waals surface area contributed by atoms with Crippen molar-refractivity contribution in [3.8, 4) is 11.1 Å². The molecule has 1 aliphatic rings. The summed E-state index contributed by atoms with van der Waals surface area (Å²) in [6, 6.07) is 27.3. The molecule has 0 saturated heterocycles. The molecular formula is C28H21NS. The number of aryl methyl sites for hydroxylation is 1. The van der Waals surface area contributed by atoms with Gasteiger partial charge >= 0.3 is 0 Å². The fourth-order valence-electron chi connectivity index (χ4n) is 5.61. The quantitative estimate of drug-likeness (QED) is 0.242. The van der Waals surface area contributed by atoms with Crippen molar-refractivity contribution < 1.29 is 0 Å². The van der Waals surface area contributed by atoms with E-state index in [4.69, 9.17) is 0 Å². The van der Waals surface area contributed by atoms with E-state index in [1.165, 1.54) is 64.2 Å². The van der Waals surface area contributed by atoms with Gasteiger partial charge < -0.3 is 4.57 Å². The van der Waals surface area contributed by atoms with Gasteiger partial charge in [-0.3, -0.25) is 0 Å². The van der Waals surface area contributed by atoms with Crippen LogP contribution in [0.3, 0.4) is 0 Å². The number of nitrogens with zero attached hydrogens (tertiary/aromatic N) is 1. The second kappa shape index (κ2) is 5.33. The molecule has 2 heterocycles. The molecule has 30 heavy (non-hydrogen) atoms. The molecule has 6 aromatic rings. The summed E-state index contributed by atoms with van der Waals surface area (Å²) in [6.07, 6.45) is 0. The summed E-state index contributed by atoms with van der Waals surface area (Å²) in [5.74, 6) is 0. The Morgan fingerprint density at radius 2 is 1.37 bits per heavy atom. The van der Waals surface area contributed by atoms with Gasteiger partial charge in [0.1, 0.15) is 0 Å². The molecule has 0 bridgehead atoms. The Balaban J connectivity index is 1.63. The zero-order chi connectivity index (χ0) is 20.2. The molecule has 0 atom stereocenters. The fraction of sp³-hybridized carbons (Fsp3) is 0.143. The molecule has 0 amide bonds. The topological polar surface area (TPSA) is 4.93 Å². The summed E-state index contributed by atoms with van der Waals surface area (Å²) in [5, 5.41) is 5.46. The average Bonchev–Trinajstić information content (AvgIpc) is 3.33. The second-order valence-corrected chi connectivity index (χ2v) is 10.2. The molecule has 0 N–H and O–H groups in total. The Bertz CT molecular complexity index is 1680. The molecule has 4 aromatic carbocycles. The van der Waals surface area contributed by atoms with Crippen molar-refractivity contribution in [1.29, 1.82) is 0 Å². The minimum absolute atomic E-state index is 0.0317. The third kappa shape index (κ3) is 1.88. The summed E-state index contributed by atoms with van der Waals surface area (Å²) in [6.45, 7) is 4.72. The van der Waals surface area contributed by atoms with Crippen molar-refractivity contribution >= 4 is 53.3 Å². The van der Waals surface area contributed by atoms with Crippen LogP contribution in [-0.2, 0) is 12.5 Å². The van der Waals surface area contributed by atoms with Gasteiger partial charge in [0.25, 0.3) is 0 Å². The van der Waals surface area contributed by atoms with E-state index in [1.54, 1.807) is 0 Å². The lowest BCUT2D eigenvalue weighted by Crippen LogP contribution is -2.14. The fourth-order valence-corrected chi connectivity index (χ4v) is 6.74. The maximum Gasteiger partial charge on any atom is 0.0495 e. The molecule has 0 aliphatic heterocycles. The Morgan fingerprint density at radius 1 is 0.633 bits per heavy atom. The highest BCUT2D eigenvalue weighted by molar-refractivity contribution is 7.25. The van der Waals surface area contributed by atoms with Gasteiger partial charge in [-0.05, 0) is 52.6 Å². The van der Waals surface area contributed by atoms with Crippen LogP contribution in [0.25, 0.3) is 53.1 Å². The van der Waals surface area contributed by atoms with Gasteiger partial charge in [-0.15, -0.1) is 11.3 Å². The van der Waals surface area contributed by atoms with E-state index >= 15 is 0 Å². The maximum atomic E-state index is 2.46. The first kappa shape index (κ1) is 16.7. The molecule has 0 unspecified atom stereocenters. The van der Waals surface area contributed by atoms with Crippen molar-refractivity contribution in [2.24, 2.45) is 7.05 Å². The van der Waals surface area contributed by atoms with Gasteiger partial charge in [-0.2, -0.15) is 0 Å². The highest BCUT2D eigenvalue weighted by Gasteiger charge is 2.35. The zero-order valence-electron chi connectivity index (χ0n) is 17.3. The highest BCUT2D eigenvalue weighted by Crippen LogP contribution is 2.51. The molecule has 0 saturated carbocycles. The molecular weight excluding hydrogens is 382 g/mol. The minimum atomic E-state index is 0.0317. The van der Waals surface area contributed by atoms with Crippen LogP contribution < -0.4 is 0 Å². The van der Waals surface area contributed by atoms with Gasteiger partial charge in [0.05, 0.1) is 0 Å². The SMILES string of the molecule is Cn1c2cc3c(cc2c2cc4sc5ccccc5c4cc21)C(C)(C)c1ccccc1-3. The standard InChI is InChI=1S/C28H21NS/c1-28(2)22-10-6-4-8-16(22)18-13-24-19(12-23(18)28)20-15-27-21(14-25(20)29(24)3)17-9-5-7-11-26(17)30-27/h4-15H,1-3H3. The summed E-state index contributed by atoms with van der Waals surface area (Å²) < 4.78 is 5.12. The van der Waals surface area contributed by atoms with Crippen LogP contribution in [0.5, 0.6) is 0 Å². The van der Waals surface area contributed by atoms with Gasteiger partial charge in [0.15, 0.2) is 0 Å². The second-order valence-electron chi connectivity index (χ2n) is 9.11. The first-order valence-electron chi connectivity index (χ1n) is 10.5. The number of benzene rings is 4. The number of fused-ring (bicyclic) bond motifs is 9. The molecule has 2 heteroatoms. The van der Waals surface area contributed by atoms with E-state index in [0.29, 0.717) is 0 Å². The van der Waals surface area contributed by atoms with Crippen LogP contribution >= 0.6 is 11.3 Å².